The Morgan fingerprint density at radius 2 is 1.51 bits per heavy atom. The van der Waals surface area contributed by atoms with Crippen LogP contribution in [0.5, 0.6) is 5.75 Å². The number of hydrogen-bond donors (Lipinski definition) is 1. The number of carboxylic acid groups (broad SMARTS) is 1. The van der Waals surface area contributed by atoms with Crippen LogP contribution >= 0.6 is 0 Å². The van der Waals surface area contributed by atoms with Crippen LogP contribution in [0, 0.1) is 26.6 Å². The maximum absolute atomic E-state index is 15.6. The third kappa shape index (κ3) is 6.08. The van der Waals surface area contributed by atoms with Gasteiger partial charge in [0.2, 0.25) is 0 Å². The molecule has 0 radical (unpaired) electrons. The van der Waals surface area contributed by atoms with Gasteiger partial charge in [-0.1, -0.05) is 6.42 Å². The SMILES string of the molecule is Cc1c(-c2c(C)c3c(c(C)c2[C@H](OC(C)(C)C)C(=O)O)CCN(S(=O)(=O)N2CCCCC2)CC3)cc(F)c2c1CCCO2. The van der Waals surface area contributed by atoms with Crippen molar-refractivity contribution >= 4 is 16.2 Å². The maximum atomic E-state index is 15.6. The molecule has 0 spiro atoms. The average Bonchev–Trinajstić information content (AvgIpc) is 3.20. The van der Waals surface area contributed by atoms with E-state index in [0.717, 1.165) is 59.1 Å². The monoisotopic (exact) mass is 616 g/mol. The van der Waals surface area contributed by atoms with Crippen molar-refractivity contribution in [3.8, 4) is 16.9 Å². The largest absolute Gasteiger partial charge is 0.490 e. The molecule has 0 saturated carbocycles. The third-order valence-corrected chi connectivity index (χ3v) is 11.2. The molecule has 1 fully saturated rings. The minimum atomic E-state index is -3.62. The molecule has 2 aromatic rings. The fourth-order valence-electron chi connectivity index (χ4n) is 7.09. The van der Waals surface area contributed by atoms with Crippen molar-refractivity contribution in [2.45, 2.75) is 98.2 Å². The van der Waals surface area contributed by atoms with E-state index >= 15 is 4.39 Å². The van der Waals surface area contributed by atoms with Gasteiger partial charge in [0, 0.05) is 37.3 Å². The highest BCUT2D eigenvalue weighted by Gasteiger charge is 2.37. The number of rotatable bonds is 6. The Morgan fingerprint density at radius 1 is 0.907 bits per heavy atom. The van der Waals surface area contributed by atoms with Gasteiger partial charge in [-0.05, 0) is 125 Å². The fourth-order valence-corrected chi connectivity index (χ4v) is 8.78. The zero-order chi connectivity index (χ0) is 31.3. The molecule has 10 heteroatoms. The molecule has 0 aromatic heterocycles. The number of carbonyl (C=O) groups is 1. The Morgan fingerprint density at radius 3 is 2.12 bits per heavy atom. The van der Waals surface area contributed by atoms with Crippen molar-refractivity contribution in [1.82, 2.24) is 8.61 Å². The summed E-state index contributed by atoms with van der Waals surface area (Å²) in [6.45, 7) is 13.4. The van der Waals surface area contributed by atoms with Crippen molar-refractivity contribution < 1.29 is 32.2 Å². The molecule has 3 aliphatic rings. The van der Waals surface area contributed by atoms with Gasteiger partial charge in [-0.25, -0.2) is 9.18 Å². The Kier molecular flexibility index (Phi) is 8.97. The van der Waals surface area contributed by atoms with Crippen LogP contribution in [0.1, 0.15) is 91.5 Å². The highest BCUT2D eigenvalue weighted by molar-refractivity contribution is 7.86. The van der Waals surface area contributed by atoms with Gasteiger partial charge >= 0.3 is 5.97 Å². The van der Waals surface area contributed by atoms with Crippen LogP contribution in [0.3, 0.4) is 0 Å². The van der Waals surface area contributed by atoms with E-state index in [-0.39, 0.29) is 5.75 Å². The molecule has 1 atom stereocenters. The molecule has 1 N–H and O–H groups in total. The van der Waals surface area contributed by atoms with Gasteiger partial charge in [-0.15, -0.1) is 0 Å². The van der Waals surface area contributed by atoms with Crippen LogP contribution in [0.25, 0.3) is 11.1 Å². The van der Waals surface area contributed by atoms with Crippen molar-refractivity contribution in [3.63, 3.8) is 0 Å². The molecule has 43 heavy (non-hydrogen) atoms. The van der Waals surface area contributed by atoms with Crippen LogP contribution in [0.2, 0.25) is 0 Å². The van der Waals surface area contributed by atoms with Crippen molar-refractivity contribution in [1.29, 1.82) is 0 Å². The van der Waals surface area contributed by atoms with Gasteiger partial charge in [0.15, 0.2) is 17.7 Å². The molecule has 8 nitrogen and oxygen atoms in total. The number of carboxylic acids is 1. The van der Waals surface area contributed by atoms with Crippen LogP contribution in [-0.2, 0) is 39.0 Å². The average molecular weight is 617 g/mol. The molecule has 5 rings (SSSR count). The van der Waals surface area contributed by atoms with Crippen molar-refractivity contribution in [3.05, 3.63) is 50.8 Å². The first-order chi connectivity index (χ1) is 20.2. The van der Waals surface area contributed by atoms with E-state index in [1.165, 1.54) is 6.07 Å². The summed E-state index contributed by atoms with van der Waals surface area (Å²) in [6, 6.07) is 1.47. The molecule has 3 aliphatic heterocycles. The summed E-state index contributed by atoms with van der Waals surface area (Å²) >= 11 is 0. The first-order valence-electron chi connectivity index (χ1n) is 15.5. The van der Waals surface area contributed by atoms with E-state index in [2.05, 4.69) is 0 Å². The summed E-state index contributed by atoms with van der Waals surface area (Å²) in [5, 5.41) is 10.5. The maximum Gasteiger partial charge on any atom is 0.337 e. The summed E-state index contributed by atoms with van der Waals surface area (Å²) in [5.74, 6) is -1.31. The van der Waals surface area contributed by atoms with Gasteiger partial charge in [0.25, 0.3) is 10.2 Å². The number of piperidine rings is 1. The number of nitrogens with zero attached hydrogens (tertiary/aromatic N) is 2. The Bertz CT molecular complexity index is 1530. The number of ether oxygens (including phenoxy) is 2. The zero-order valence-electron chi connectivity index (χ0n) is 26.3. The van der Waals surface area contributed by atoms with Gasteiger partial charge in [-0.3, -0.25) is 0 Å². The van der Waals surface area contributed by atoms with Gasteiger partial charge < -0.3 is 14.6 Å². The van der Waals surface area contributed by atoms with Crippen LogP contribution in [-0.4, -0.2) is 66.5 Å². The number of hydrogen-bond acceptors (Lipinski definition) is 5. The molecule has 0 aliphatic carbocycles. The molecular formula is C33H45FN2O6S. The highest BCUT2D eigenvalue weighted by Crippen LogP contribution is 2.46. The second-order valence-corrected chi connectivity index (χ2v) is 15.0. The topological polar surface area (TPSA) is 96.4 Å². The predicted molar refractivity (Wildman–Crippen MR) is 164 cm³/mol. The predicted octanol–water partition coefficient (Wildman–Crippen LogP) is 5.82. The van der Waals surface area contributed by atoms with E-state index in [1.54, 1.807) is 8.61 Å². The molecule has 236 valence electrons. The first kappa shape index (κ1) is 31.9. The summed E-state index contributed by atoms with van der Waals surface area (Å²) in [7, 11) is -3.62. The standard InChI is InChI=1S/C33H45FN2O6S/c1-20-25-11-10-18-41-30(25)27(34)19-26(20)28-21(2)23-12-16-36(43(39,40)35-14-8-7-9-15-35)17-13-24(23)22(3)29(28)31(32(37)38)42-33(4,5)6/h19,31H,7-18H2,1-6H3,(H,37,38)/t31-/m0/s1. The zero-order valence-corrected chi connectivity index (χ0v) is 27.1. The third-order valence-electron chi connectivity index (χ3n) is 9.17. The molecule has 2 aromatic carbocycles. The van der Waals surface area contributed by atoms with E-state index in [1.807, 2.05) is 41.5 Å². The van der Waals surface area contributed by atoms with E-state index in [9.17, 15) is 18.3 Å². The lowest BCUT2D eigenvalue weighted by molar-refractivity contribution is -0.160. The summed E-state index contributed by atoms with van der Waals surface area (Å²) in [5.41, 5.74) is 6.26. The van der Waals surface area contributed by atoms with Crippen LogP contribution < -0.4 is 4.74 Å². The molecule has 0 bridgehead atoms. The lowest BCUT2D eigenvalue weighted by atomic mass is 9.79. The summed E-state index contributed by atoms with van der Waals surface area (Å²) in [6.07, 6.45) is 3.86. The minimum absolute atomic E-state index is 0.275. The lowest BCUT2D eigenvalue weighted by Crippen LogP contribution is -2.46. The highest BCUT2D eigenvalue weighted by atomic mass is 32.2. The minimum Gasteiger partial charge on any atom is -0.490 e. The molecule has 3 heterocycles. The molecule has 0 unspecified atom stereocenters. The van der Waals surface area contributed by atoms with Crippen LogP contribution in [0.15, 0.2) is 6.07 Å². The second kappa shape index (κ2) is 12.1. The second-order valence-electron chi connectivity index (χ2n) is 13.1. The van der Waals surface area contributed by atoms with Crippen LogP contribution in [0.4, 0.5) is 4.39 Å². The Balaban J connectivity index is 1.70. The first-order valence-corrected chi connectivity index (χ1v) is 16.9. The number of halogens is 1. The quantitative estimate of drug-likeness (QED) is 0.440. The molecule has 0 amide bonds. The number of benzene rings is 2. The van der Waals surface area contributed by atoms with Crippen molar-refractivity contribution in [2.24, 2.45) is 0 Å². The molecule has 1 saturated heterocycles. The number of fused-ring (bicyclic) bond motifs is 2. The van der Waals surface area contributed by atoms with E-state index in [4.69, 9.17) is 9.47 Å². The Hall–Kier alpha value is -2.53. The lowest BCUT2D eigenvalue weighted by Gasteiger charge is -2.31. The van der Waals surface area contributed by atoms with E-state index in [0.29, 0.717) is 68.7 Å². The normalized spacial score (nSPS) is 19.2. The van der Waals surface area contributed by atoms with Gasteiger partial charge in [0.1, 0.15) is 0 Å². The fraction of sp³-hybridized carbons (Fsp3) is 0.606. The van der Waals surface area contributed by atoms with Gasteiger partial charge in [0.05, 0.1) is 12.2 Å². The van der Waals surface area contributed by atoms with E-state index < -0.39 is 33.7 Å². The molecular weight excluding hydrogens is 571 g/mol. The summed E-state index contributed by atoms with van der Waals surface area (Å²) in [4.78, 5) is 12.9. The summed E-state index contributed by atoms with van der Waals surface area (Å²) < 4.78 is 58.0. The smallest absolute Gasteiger partial charge is 0.337 e. The van der Waals surface area contributed by atoms with Gasteiger partial charge in [-0.2, -0.15) is 17.0 Å². The Labute approximate surface area is 255 Å². The number of aliphatic carboxylic acids is 1. The van der Waals surface area contributed by atoms with Crippen molar-refractivity contribution in [2.75, 3.05) is 32.8 Å².